The first-order chi connectivity index (χ1) is 15.0. The van der Waals surface area contributed by atoms with Crippen LogP contribution in [0.4, 0.5) is 10.5 Å². The maximum Gasteiger partial charge on any atom is 0.339 e. The number of carbonyl (C=O) groups is 2. The molecule has 9 heteroatoms. The van der Waals surface area contributed by atoms with E-state index >= 15 is 0 Å². The maximum absolute atomic E-state index is 12.7. The van der Waals surface area contributed by atoms with E-state index < -0.39 is 10.1 Å². The van der Waals surface area contributed by atoms with Crippen molar-refractivity contribution in [1.29, 1.82) is 0 Å². The number of urea groups is 1. The van der Waals surface area contributed by atoms with Crippen LogP contribution >= 0.6 is 0 Å². The summed E-state index contributed by atoms with van der Waals surface area (Å²) in [5.41, 5.74) is 1.24. The number of benzene rings is 2. The molecule has 0 spiro atoms. The molecule has 0 radical (unpaired) electrons. The Bertz CT molecular complexity index is 1040. The highest BCUT2D eigenvalue weighted by molar-refractivity contribution is 7.87. The Morgan fingerprint density at radius 2 is 1.72 bits per heavy atom. The number of anilines is 1. The summed E-state index contributed by atoms with van der Waals surface area (Å²) in [5, 5.41) is 5.48. The van der Waals surface area contributed by atoms with E-state index in [1.807, 2.05) is 33.8 Å². The topological polar surface area (TPSA) is 105 Å². The Balaban J connectivity index is 2.19. The average molecular weight is 462 g/mol. The van der Waals surface area contributed by atoms with E-state index in [1.165, 1.54) is 31.2 Å². The van der Waals surface area contributed by atoms with Gasteiger partial charge in [0.1, 0.15) is 10.6 Å². The molecule has 0 aliphatic heterocycles. The minimum absolute atomic E-state index is 0.00387. The molecule has 2 rings (SSSR count). The average Bonchev–Trinajstić information content (AvgIpc) is 2.70. The van der Waals surface area contributed by atoms with Crippen molar-refractivity contribution in [2.24, 2.45) is 0 Å². The van der Waals surface area contributed by atoms with E-state index in [-0.39, 0.29) is 34.7 Å². The molecule has 0 aromatic heterocycles. The predicted octanol–water partition coefficient (Wildman–Crippen LogP) is 4.13. The fourth-order valence-corrected chi connectivity index (χ4v) is 3.88. The van der Waals surface area contributed by atoms with Crippen molar-refractivity contribution in [1.82, 2.24) is 10.2 Å². The highest BCUT2D eigenvalue weighted by Gasteiger charge is 2.21. The van der Waals surface area contributed by atoms with Gasteiger partial charge in [0.25, 0.3) is 0 Å². The van der Waals surface area contributed by atoms with E-state index in [1.54, 1.807) is 23.1 Å². The van der Waals surface area contributed by atoms with Gasteiger partial charge in [-0.05, 0) is 69.2 Å². The monoisotopic (exact) mass is 461 g/mol. The SMILES string of the molecule is CC[C@H](C)N(Cc1cccc(OS(=O)(=O)c2ccc(NC(C)=O)cc2)c1)C(=O)NC(C)C. The lowest BCUT2D eigenvalue weighted by Crippen LogP contribution is -2.46. The van der Waals surface area contributed by atoms with Gasteiger partial charge in [-0.1, -0.05) is 19.1 Å². The second-order valence-electron chi connectivity index (χ2n) is 7.88. The van der Waals surface area contributed by atoms with E-state index in [4.69, 9.17) is 4.18 Å². The van der Waals surface area contributed by atoms with Crippen molar-refractivity contribution in [2.45, 2.75) is 64.6 Å². The number of nitrogens with one attached hydrogen (secondary N) is 2. The minimum Gasteiger partial charge on any atom is -0.379 e. The zero-order valence-electron chi connectivity index (χ0n) is 19.1. The zero-order chi connectivity index (χ0) is 23.9. The van der Waals surface area contributed by atoms with Crippen molar-refractivity contribution in [3.8, 4) is 5.75 Å². The number of carbonyl (C=O) groups excluding carboxylic acids is 2. The highest BCUT2D eigenvalue weighted by Crippen LogP contribution is 2.22. The number of rotatable bonds is 9. The molecule has 0 aliphatic rings. The molecule has 32 heavy (non-hydrogen) atoms. The van der Waals surface area contributed by atoms with Crippen LogP contribution in [0.25, 0.3) is 0 Å². The summed E-state index contributed by atoms with van der Waals surface area (Å²) in [6.45, 7) is 9.45. The van der Waals surface area contributed by atoms with Crippen LogP contribution in [0, 0.1) is 0 Å². The summed E-state index contributed by atoms with van der Waals surface area (Å²) in [7, 11) is -4.06. The van der Waals surface area contributed by atoms with Gasteiger partial charge in [0.05, 0.1) is 0 Å². The maximum atomic E-state index is 12.7. The Hall–Kier alpha value is -3.07. The predicted molar refractivity (Wildman–Crippen MR) is 124 cm³/mol. The lowest BCUT2D eigenvalue weighted by Gasteiger charge is -2.30. The summed E-state index contributed by atoms with van der Waals surface area (Å²) < 4.78 is 30.6. The summed E-state index contributed by atoms with van der Waals surface area (Å²) >= 11 is 0. The first-order valence-corrected chi connectivity index (χ1v) is 11.9. The standard InChI is InChI=1S/C23H31N3O5S/c1-6-17(4)26(23(28)24-16(2)3)15-19-8-7-9-21(14-19)31-32(29,30)22-12-10-20(11-13-22)25-18(5)27/h7-14,16-17H,6,15H2,1-5H3,(H,24,28)(H,25,27)/t17-/m0/s1. The first-order valence-electron chi connectivity index (χ1n) is 10.5. The van der Waals surface area contributed by atoms with Crippen LogP contribution in [0.5, 0.6) is 5.75 Å². The third-order valence-corrected chi connectivity index (χ3v) is 5.98. The van der Waals surface area contributed by atoms with E-state index in [9.17, 15) is 18.0 Å². The Morgan fingerprint density at radius 1 is 1.06 bits per heavy atom. The summed E-state index contributed by atoms with van der Waals surface area (Å²) in [6.07, 6.45) is 0.782. The van der Waals surface area contributed by atoms with Gasteiger partial charge in [-0.25, -0.2) is 4.79 Å². The summed E-state index contributed by atoms with van der Waals surface area (Å²) in [6, 6.07) is 12.2. The van der Waals surface area contributed by atoms with Gasteiger partial charge in [0.2, 0.25) is 5.91 Å². The van der Waals surface area contributed by atoms with E-state index in [0.29, 0.717) is 12.2 Å². The molecule has 0 unspecified atom stereocenters. The molecule has 0 heterocycles. The molecular formula is C23H31N3O5S. The lowest BCUT2D eigenvalue weighted by molar-refractivity contribution is -0.114. The van der Waals surface area contributed by atoms with Crippen molar-refractivity contribution in [3.05, 3.63) is 54.1 Å². The van der Waals surface area contributed by atoms with E-state index in [0.717, 1.165) is 12.0 Å². The third-order valence-electron chi connectivity index (χ3n) is 4.72. The molecule has 0 aliphatic carbocycles. The van der Waals surface area contributed by atoms with Crippen LogP contribution in [-0.4, -0.2) is 37.3 Å². The summed E-state index contributed by atoms with van der Waals surface area (Å²) in [4.78, 5) is 25.4. The largest absolute Gasteiger partial charge is 0.379 e. The van der Waals surface area contributed by atoms with Crippen molar-refractivity contribution < 1.29 is 22.2 Å². The minimum atomic E-state index is -4.06. The molecule has 1 atom stereocenters. The van der Waals surface area contributed by atoms with Crippen LogP contribution in [0.3, 0.4) is 0 Å². The van der Waals surface area contributed by atoms with E-state index in [2.05, 4.69) is 10.6 Å². The van der Waals surface area contributed by atoms with Crippen LogP contribution in [-0.2, 0) is 21.5 Å². The molecular weight excluding hydrogens is 430 g/mol. The molecule has 0 bridgehead atoms. The van der Waals surface area contributed by atoms with Gasteiger partial charge in [-0.15, -0.1) is 0 Å². The van der Waals surface area contributed by atoms with Crippen LogP contribution in [0.15, 0.2) is 53.4 Å². The normalized spacial score (nSPS) is 12.2. The second kappa shape index (κ2) is 11.0. The molecule has 174 valence electrons. The van der Waals surface area contributed by atoms with Gasteiger partial charge < -0.3 is 19.7 Å². The smallest absolute Gasteiger partial charge is 0.339 e. The highest BCUT2D eigenvalue weighted by atomic mass is 32.2. The zero-order valence-corrected chi connectivity index (χ0v) is 19.9. The molecule has 0 fully saturated rings. The lowest BCUT2D eigenvalue weighted by atomic mass is 10.1. The van der Waals surface area contributed by atoms with Crippen molar-refractivity contribution >= 4 is 27.7 Å². The van der Waals surface area contributed by atoms with Gasteiger partial charge >= 0.3 is 16.1 Å². The molecule has 0 saturated carbocycles. The van der Waals surface area contributed by atoms with Crippen molar-refractivity contribution in [2.75, 3.05) is 5.32 Å². The van der Waals surface area contributed by atoms with Crippen molar-refractivity contribution in [3.63, 3.8) is 0 Å². The van der Waals surface area contributed by atoms with Crippen LogP contribution in [0.1, 0.15) is 46.6 Å². The Kier molecular flexibility index (Phi) is 8.65. The quantitative estimate of drug-likeness (QED) is 0.546. The Morgan fingerprint density at radius 3 is 2.28 bits per heavy atom. The van der Waals surface area contributed by atoms with Gasteiger partial charge in [0, 0.05) is 31.2 Å². The first kappa shape index (κ1) is 25.2. The summed E-state index contributed by atoms with van der Waals surface area (Å²) in [5.74, 6) is -0.0935. The fourth-order valence-electron chi connectivity index (χ4n) is 2.95. The molecule has 2 N–H and O–H groups in total. The van der Waals surface area contributed by atoms with Crippen LogP contribution in [0.2, 0.25) is 0 Å². The number of nitrogens with zero attached hydrogens (tertiary/aromatic N) is 1. The number of hydrogen-bond acceptors (Lipinski definition) is 5. The van der Waals surface area contributed by atoms with Gasteiger partial charge in [-0.2, -0.15) is 8.42 Å². The third kappa shape index (κ3) is 7.26. The molecule has 0 saturated heterocycles. The van der Waals surface area contributed by atoms with Gasteiger partial charge in [-0.3, -0.25) is 4.79 Å². The second-order valence-corrected chi connectivity index (χ2v) is 9.43. The number of hydrogen-bond donors (Lipinski definition) is 2. The van der Waals surface area contributed by atoms with Gasteiger partial charge in [0.15, 0.2) is 0 Å². The molecule has 2 aromatic carbocycles. The molecule has 2 aromatic rings. The fraction of sp³-hybridized carbons (Fsp3) is 0.391. The van der Waals surface area contributed by atoms with Crippen LogP contribution < -0.4 is 14.8 Å². The molecule has 3 amide bonds. The molecule has 8 nitrogen and oxygen atoms in total. The Labute approximate surface area is 190 Å². The number of amides is 3.